The Morgan fingerprint density at radius 1 is 1.38 bits per heavy atom. The summed E-state index contributed by atoms with van der Waals surface area (Å²) in [5, 5.41) is 11.1. The minimum Gasteiger partial charge on any atom is -0.466 e. The van der Waals surface area contributed by atoms with E-state index < -0.39 is 47.7 Å². The Labute approximate surface area is 169 Å². The summed E-state index contributed by atoms with van der Waals surface area (Å²) in [6.45, 7) is 8.95. The molecule has 0 radical (unpaired) electrons. The van der Waals surface area contributed by atoms with Crippen LogP contribution in [-0.2, 0) is 33.3 Å². The van der Waals surface area contributed by atoms with Crippen molar-refractivity contribution in [1.82, 2.24) is 0 Å². The van der Waals surface area contributed by atoms with Crippen molar-refractivity contribution < 1.29 is 38.4 Å². The lowest BCUT2D eigenvalue weighted by molar-refractivity contribution is -0.165. The van der Waals surface area contributed by atoms with Crippen LogP contribution in [0.2, 0.25) is 0 Å². The van der Waals surface area contributed by atoms with Crippen molar-refractivity contribution in [3.63, 3.8) is 0 Å². The lowest BCUT2D eigenvalue weighted by Gasteiger charge is -2.31. The summed E-state index contributed by atoms with van der Waals surface area (Å²) in [6, 6.07) is 0. The van der Waals surface area contributed by atoms with Crippen molar-refractivity contribution in [3.05, 3.63) is 35.5 Å². The van der Waals surface area contributed by atoms with Gasteiger partial charge in [0.2, 0.25) is 0 Å². The molecule has 2 heterocycles. The maximum absolute atomic E-state index is 12.7. The number of esters is 3. The molecule has 6 atom stereocenters. The standard InChI is InChI=1S/C21H26O8/c1-10-7-6-8-13(19(24)26-5)16(22)17(28-20(25)21(4)12(3)29-21)15-11(2)18(23)27-14(15)9-10/h8-9,12,14-17,22H,2,6-7H2,1,3-5H3/b10-9+,13-8?/t12-,14-,15+,16+,17+,21-/m1/s1. The predicted octanol–water partition coefficient (Wildman–Crippen LogP) is 1.37. The van der Waals surface area contributed by atoms with E-state index in [1.54, 1.807) is 26.0 Å². The van der Waals surface area contributed by atoms with Gasteiger partial charge in [-0.1, -0.05) is 18.2 Å². The molecule has 1 N–H and O–H groups in total. The van der Waals surface area contributed by atoms with Gasteiger partial charge in [-0.15, -0.1) is 0 Å². The topological polar surface area (TPSA) is 112 Å². The number of epoxide rings is 1. The minimum absolute atomic E-state index is 0.0409. The molecule has 0 bridgehead atoms. The summed E-state index contributed by atoms with van der Waals surface area (Å²) in [4.78, 5) is 37.2. The number of hydrogen-bond acceptors (Lipinski definition) is 8. The molecule has 2 fully saturated rings. The van der Waals surface area contributed by atoms with Gasteiger partial charge in [0.05, 0.1) is 24.7 Å². The van der Waals surface area contributed by atoms with Gasteiger partial charge in [0.25, 0.3) is 0 Å². The average molecular weight is 406 g/mol. The monoisotopic (exact) mass is 406 g/mol. The van der Waals surface area contributed by atoms with E-state index in [4.69, 9.17) is 18.9 Å². The Balaban J connectivity index is 2.04. The van der Waals surface area contributed by atoms with Crippen LogP contribution in [-0.4, -0.2) is 60.1 Å². The zero-order chi connectivity index (χ0) is 21.5. The summed E-state index contributed by atoms with van der Waals surface area (Å²) in [6.07, 6.45) is 0.441. The van der Waals surface area contributed by atoms with Crippen molar-refractivity contribution in [2.75, 3.05) is 7.11 Å². The van der Waals surface area contributed by atoms with Gasteiger partial charge < -0.3 is 24.1 Å². The third-order valence-electron chi connectivity index (χ3n) is 5.81. The highest BCUT2D eigenvalue weighted by Crippen LogP contribution is 2.41. The molecule has 8 nitrogen and oxygen atoms in total. The maximum atomic E-state index is 12.7. The molecule has 0 aromatic rings. The third-order valence-corrected chi connectivity index (χ3v) is 5.81. The first-order valence-electron chi connectivity index (χ1n) is 9.52. The zero-order valence-electron chi connectivity index (χ0n) is 17.0. The smallest absolute Gasteiger partial charge is 0.341 e. The number of aliphatic hydroxyl groups excluding tert-OH is 1. The van der Waals surface area contributed by atoms with Crippen molar-refractivity contribution in [3.8, 4) is 0 Å². The molecule has 2 saturated heterocycles. The number of carbonyl (C=O) groups is 3. The first-order chi connectivity index (χ1) is 13.6. The van der Waals surface area contributed by atoms with Gasteiger partial charge in [-0.3, -0.25) is 0 Å². The molecular formula is C21H26O8. The fraction of sp³-hybridized carbons (Fsp3) is 0.571. The lowest BCUT2D eigenvalue weighted by atomic mass is 9.83. The molecule has 29 heavy (non-hydrogen) atoms. The Hall–Kier alpha value is -2.45. The average Bonchev–Trinajstić information content (AvgIpc) is 3.20. The van der Waals surface area contributed by atoms with Gasteiger partial charge >= 0.3 is 17.9 Å². The minimum atomic E-state index is -1.53. The number of carbonyl (C=O) groups excluding carboxylic acids is 3. The zero-order valence-corrected chi connectivity index (χ0v) is 17.0. The fourth-order valence-corrected chi connectivity index (χ4v) is 3.69. The van der Waals surface area contributed by atoms with E-state index in [1.165, 1.54) is 7.11 Å². The van der Waals surface area contributed by atoms with Crippen LogP contribution in [0.25, 0.3) is 0 Å². The molecule has 158 valence electrons. The van der Waals surface area contributed by atoms with E-state index in [1.807, 2.05) is 6.92 Å². The van der Waals surface area contributed by atoms with Gasteiger partial charge in [0.1, 0.15) is 18.3 Å². The first-order valence-corrected chi connectivity index (χ1v) is 9.52. The van der Waals surface area contributed by atoms with Gasteiger partial charge in [-0.2, -0.15) is 0 Å². The van der Waals surface area contributed by atoms with Crippen LogP contribution >= 0.6 is 0 Å². The number of hydrogen-bond donors (Lipinski definition) is 1. The highest BCUT2D eigenvalue weighted by Gasteiger charge is 2.59. The highest BCUT2D eigenvalue weighted by atomic mass is 16.7. The quantitative estimate of drug-likeness (QED) is 0.246. The second kappa shape index (κ2) is 7.76. The number of rotatable bonds is 3. The molecule has 0 unspecified atom stereocenters. The van der Waals surface area contributed by atoms with Crippen LogP contribution < -0.4 is 0 Å². The Morgan fingerprint density at radius 2 is 2.03 bits per heavy atom. The summed E-state index contributed by atoms with van der Waals surface area (Å²) in [7, 11) is 1.20. The summed E-state index contributed by atoms with van der Waals surface area (Å²) in [5.41, 5.74) is -0.192. The molecule has 0 aromatic carbocycles. The van der Waals surface area contributed by atoms with Crippen molar-refractivity contribution >= 4 is 17.9 Å². The van der Waals surface area contributed by atoms with E-state index in [2.05, 4.69) is 6.58 Å². The molecule has 8 heteroatoms. The SMILES string of the molecule is C=C1C(=O)O[C@@H]2/C=C(\C)CCC=C(C(=O)OC)[C@H](O)[C@@H](OC(=O)[C@]3(C)O[C@@H]3C)[C@@H]12. The van der Waals surface area contributed by atoms with Crippen LogP contribution in [0.1, 0.15) is 33.6 Å². The van der Waals surface area contributed by atoms with Crippen LogP contribution in [0.5, 0.6) is 0 Å². The third kappa shape index (κ3) is 3.86. The van der Waals surface area contributed by atoms with Crippen molar-refractivity contribution in [2.24, 2.45) is 5.92 Å². The molecule has 2 aliphatic heterocycles. The summed E-state index contributed by atoms with van der Waals surface area (Å²) >= 11 is 0. The normalized spacial score (nSPS) is 38.7. The van der Waals surface area contributed by atoms with E-state index in [9.17, 15) is 19.5 Å². The van der Waals surface area contributed by atoms with Gasteiger partial charge in [-0.25, -0.2) is 14.4 Å². The van der Waals surface area contributed by atoms with Gasteiger partial charge in [0, 0.05) is 5.57 Å². The molecule has 0 amide bonds. The van der Waals surface area contributed by atoms with E-state index in [0.717, 1.165) is 5.57 Å². The van der Waals surface area contributed by atoms with Crippen molar-refractivity contribution in [1.29, 1.82) is 0 Å². The number of aliphatic hydroxyl groups is 1. The van der Waals surface area contributed by atoms with E-state index >= 15 is 0 Å². The fourth-order valence-electron chi connectivity index (χ4n) is 3.69. The molecular weight excluding hydrogens is 380 g/mol. The molecule has 1 aliphatic carbocycles. The number of ether oxygens (including phenoxy) is 4. The van der Waals surface area contributed by atoms with Crippen LogP contribution in [0.15, 0.2) is 35.5 Å². The van der Waals surface area contributed by atoms with Crippen LogP contribution in [0.4, 0.5) is 0 Å². The lowest BCUT2D eigenvalue weighted by Crippen LogP contribution is -2.46. The number of methoxy groups -OCH3 is 1. The second-order valence-corrected chi connectivity index (χ2v) is 7.81. The highest BCUT2D eigenvalue weighted by molar-refractivity contribution is 5.92. The number of allylic oxidation sites excluding steroid dienone is 2. The Morgan fingerprint density at radius 3 is 2.62 bits per heavy atom. The molecule has 0 aromatic heterocycles. The molecule has 0 saturated carbocycles. The largest absolute Gasteiger partial charge is 0.466 e. The Kier molecular flexibility index (Phi) is 5.69. The molecule has 0 spiro atoms. The van der Waals surface area contributed by atoms with Gasteiger partial charge in [0.15, 0.2) is 5.60 Å². The summed E-state index contributed by atoms with van der Waals surface area (Å²) in [5.74, 6) is -2.93. The van der Waals surface area contributed by atoms with E-state index in [-0.39, 0.29) is 17.3 Å². The Bertz CT molecular complexity index is 809. The summed E-state index contributed by atoms with van der Waals surface area (Å²) < 4.78 is 21.2. The van der Waals surface area contributed by atoms with Crippen LogP contribution in [0.3, 0.4) is 0 Å². The van der Waals surface area contributed by atoms with Crippen LogP contribution in [0, 0.1) is 5.92 Å². The van der Waals surface area contributed by atoms with E-state index in [0.29, 0.717) is 12.8 Å². The molecule has 3 aliphatic rings. The first kappa shape index (κ1) is 21.3. The predicted molar refractivity (Wildman–Crippen MR) is 100 cm³/mol. The van der Waals surface area contributed by atoms with Crippen molar-refractivity contribution in [2.45, 2.75) is 63.6 Å². The number of fused-ring (bicyclic) bond motifs is 1. The molecule has 3 rings (SSSR count). The van der Waals surface area contributed by atoms with Gasteiger partial charge in [-0.05, 0) is 39.7 Å². The maximum Gasteiger partial charge on any atom is 0.341 e. The second-order valence-electron chi connectivity index (χ2n) is 7.81.